The molecule has 0 aromatic heterocycles. The third kappa shape index (κ3) is 2.82. The van der Waals surface area contributed by atoms with Gasteiger partial charge >= 0.3 is 0 Å². The summed E-state index contributed by atoms with van der Waals surface area (Å²) < 4.78 is 0. The molecule has 0 unspecified atom stereocenters. The Morgan fingerprint density at radius 2 is 1.93 bits per heavy atom. The van der Waals surface area contributed by atoms with Gasteiger partial charge < -0.3 is 0 Å². The van der Waals surface area contributed by atoms with Crippen molar-refractivity contribution in [2.24, 2.45) is 0 Å². The predicted octanol–water partition coefficient (Wildman–Crippen LogP) is 1.97. The molecular weight excluding hydrogens is 182 g/mol. The number of nitrogens with zero attached hydrogens (tertiary/aromatic N) is 1. The van der Waals surface area contributed by atoms with E-state index in [9.17, 15) is 14.9 Å². The first-order chi connectivity index (χ1) is 6.59. The van der Waals surface area contributed by atoms with Crippen molar-refractivity contribution in [3.8, 4) is 0 Å². The first-order valence-corrected chi connectivity index (χ1v) is 4.02. The van der Waals surface area contributed by atoms with E-state index in [4.69, 9.17) is 0 Å². The molecule has 0 aliphatic carbocycles. The van der Waals surface area contributed by atoms with Gasteiger partial charge in [-0.2, -0.15) is 0 Å². The summed E-state index contributed by atoms with van der Waals surface area (Å²) in [6.45, 7) is 1.90. The lowest BCUT2D eigenvalue weighted by Gasteiger charge is -1.94. The fraction of sp³-hybridized carbons (Fsp3) is 0.100. The van der Waals surface area contributed by atoms with Crippen molar-refractivity contribution < 1.29 is 9.72 Å². The van der Waals surface area contributed by atoms with E-state index in [1.807, 2.05) is 6.92 Å². The molecule has 0 fully saturated rings. The lowest BCUT2D eigenvalue weighted by atomic mass is 10.1. The smallest absolute Gasteiger partial charge is 0.238 e. The highest BCUT2D eigenvalue weighted by Gasteiger charge is 2.01. The van der Waals surface area contributed by atoms with E-state index in [0.29, 0.717) is 11.8 Å². The molecular formula is C10H9NO3. The van der Waals surface area contributed by atoms with E-state index < -0.39 is 4.92 Å². The summed E-state index contributed by atoms with van der Waals surface area (Å²) in [4.78, 5) is 20.6. The molecule has 72 valence electrons. The van der Waals surface area contributed by atoms with Gasteiger partial charge in [0.2, 0.25) is 6.20 Å². The summed E-state index contributed by atoms with van der Waals surface area (Å²) in [5.74, 6) is -0.360. The lowest BCUT2D eigenvalue weighted by molar-refractivity contribution is -0.402. The third-order valence-electron chi connectivity index (χ3n) is 1.68. The number of benzene rings is 1. The van der Waals surface area contributed by atoms with Crippen LogP contribution in [0.4, 0.5) is 0 Å². The van der Waals surface area contributed by atoms with Crippen molar-refractivity contribution in [1.82, 2.24) is 0 Å². The Morgan fingerprint density at radius 3 is 2.43 bits per heavy atom. The van der Waals surface area contributed by atoms with Crippen LogP contribution in [0.25, 0.3) is 0 Å². The Kier molecular flexibility index (Phi) is 3.12. The van der Waals surface area contributed by atoms with Gasteiger partial charge in [0, 0.05) is 5.56 Å². The van der Waals surface area contributed by atoms with E-state index in [2.05, 4.69) is 0 Å². The fourth-order valence-corrected chi connectivity index (χ4v) is 0.943. The van der Waals surface area contributed by atoms with Gasteiger partial charge in [0.25, 0.3) is 0 Å². The zero-order valence-electron chi connectivity index (χ0n) is 7.64. The Bertz CT molecular complexity index is 379. The molecule has 1 rings (SSSR count). The maximum atomic E-state index is 11.3. The lowest BCUT2D eigenvalue weighted by Crippen LogP contribution is -1.95. The second kappa shape index (κ2) is 4.32. The summed E-state index contributed by atoms with van der Waals surface area (Å²) >= 11 is 0. The topological polar surface area (TPSA) is 60.2 Å². The van der Waals surface area contributed by atoms with Gasteiger partial charge in [0.05, 0.1) is 11.0 Å². The summed E-state index contributed by atoms with van der Waals surface area (Å²) in [5.41, 5.74) is 1.49. The summed E-state index contributed by atoms with van der Waals surface area (Å²) in [6, 6.07) is 6.85. The Balaban J connectivity index is 2.80. The second-order valence-corrected chi connectivity index (χ2v) is 2.83. The molecule has 0 saturated carbocycles. The summed E-state index contributed by atoms with van der Waals surface area (Å²) in [7, 11) is 0. The van der Waals surface area contributed by atoms with Crippen molar-refractivity contribution in [2.75, 3.05) is 0 Å². The number of ketones is 1. The SMILES string of the molecule is Cc1ccc(C(=O)C=C[N+](=O)[O-])cc1. The van der Waals surface area contributed by atoms with Crippen molar-refractivity contribution in [3.63, 3.8) is 0 Å². The van der Waals surface area contributed by atoms with E-state index in [1.165, 1.54) is 0 Å². The predicted molar refractivity (Wildman–Crippen MR) is 51.6 cm³/mol. The van der Waals surface area contributed by atoms with Gasteiger partial charge in [-0.1, -0.05) is 29.8 Å². The van der Waals surface area contributed by atoms with Crippen molar-refractivity contribution >= 4 is 5.78 Å². The second-order valence-electron chi connectivity index (χ2n) is 2.83. The summed E-state index contributed by atoms with van der Waals surface area (Å²) in [6.07, 6.45) is 1.59. The molecule has 0 atom stereocenters. The van der Waals surface area contributed by atoms with Crippen LogP contribution in [0, 0.1) is 17.0 Å². The normalized spacial score (nSPS) is 10.4. The molecule has 0 heterocycles. The average Bonchev–Trinajstić information content (AvgIpc) is 2.15. The zero-order chi connectivity index (χ0) is 10.6. The molecule has 0 radical (unpaired) electrons. The first kappa shape index (κ1) is 10.1. The molecule has 0 aliphatic rings. The van der Waals surface area contributed by atoms with Crippen LogP contribution in [0.1, 0.15) is 15.9 Å². The third-order valence-corrected chi connectivity index (χ3v) is 1.68. The highest BCUT2D eigenvalue weighted by molar-refractivity contribution is 6.04. The van der Waals surface area contributed by atoms with Crippen LogP contribution in [0.15, 0.2) is 36.5 Å². The van der Waals surface area contributed by atoms with E-state index >= 15 is 0 Å². The Morgan fingerprint density at radius 1 is 1.36 bits per heavy atom. The van der Waals surface area contributed by atoms with Gasteiger partial charge in [-0.05, 0) is 6.92 Å². The highest BCUT2D eigenvalue weighted by Crippen LogP contribution is 2.04. The van der Waals surface area contributed by atoms with Gasteiger partial charge in [-0.25, -0.2) is 0 Å². The molecule has 0 spiro atoms. The number of carbonyl (C=O) groups is 1. The van der Waals surface area contributed by atoms with Crippen LogP contribution >= 0.6 is 0 Å². The summed E-state index contributed by atoms with van der Waals surface area (Å²) in [5, 5.41) is 9.96. The molecule has 0 bridgehead atoms. The van der Waals surface area contributed by atoms with Gasteiger partial charge in [0.15, 0.2) is 5.78 Å². The molecule has 14 heavy (non-hydrogen) atoms. The monoisotopic (exact) mass is 191 g/mol. The average molecular weight is 191 g/mol. The fourth-order valence-electron chi connectivity index (χ4n) is 0.943. The number of rotatable bonds is 3. The van der Waals surface area contributed by atoms with Crippen LogP contribution in [0.5, 0.6) is 0 Å². The number of carbonyl (C=O) groups excluding carboxylic acids is 1. The van der Waals surface area contributed by atoms with Crippen molar-refractivity contribution in [3.05, 3.63) is 57.8 Å². The molecule has 0 N–H and O–H groups in total. The van der Waals surface area contributed by atoms with E-state index in [1.54, 1.807) is 24.3 Å². The number of hydrogen-bond donors (Lipinski definition) is 0. The molecule has 0 aliphatic heterocycles. The molecule has 1 aromatic carbocycles. The number of aryl methyl sites for hydroxylation is 1. The van der Waals surface area contributed by atoms with Crippen LogP contribution in [-0.2, 0) is 0 Å². The minimum atomic E-state index is -0.661. The number of allylic oxidation sites excluding steroid dienone is 1. The van der Waals surface area contributed by atoms with Gasteiger partial charge in [0.1, 0.15) is 0 Å². The quantitative estimate of drug-likeness (QED) is 0.317. The van der Waals surface area contributed by atoms with Crippen LogP contribution in [0.2, 0.25) is 0 Å². The Hall–Kier alpha value is -1.97. The number of hydrogen-bond acceptors (Lipinski definition) is 3. The van der Waals surface area contributed by atoms with Crippen LogP contribution in [-0.4, -0.2) is 10.7 Å². The maximum Gasteiger partial charge on any atom is 0.238 e. The van der Waals surface area contributed by atoms with E-state index in [0.717, 1.165) is 11.6 Å². The molecule has 4 heteroatoms. The van der Waals surface area contributed by atoms with Crippen molar-refractivity contribution in [1.29, 1.82) is 0 Å². The Labute approximate surface area is 81.0 Å². The largest absolute Gasteiger partial charge is 0.289 e. The standard InChI is InChI=1S/C10H9NO3/c1-8-2-4-9(5-3-8)10(12)6-7-11(13)14/h2-7H,1H3. The highest BCUT2D eigenvalue weighted by atomic mass is 16.6. The van der Waals surface area contributed by atoms with Crippen LogP contribution < -0.4 is 0 Å². The first-order valence-electron chi connectivity index (χ1n) is 4.02. The van der Waals surface area contributed by atoms with Crippen LogP contribution in [0.3, 0.4) is 0 Å². The van der Waals surface area contributed by atoms with Gasteiger partial charge in [-0.3, -0.25) is 14.9 Å². The van der Waals surface area contributed by atoms with Crippen molar-refractivity contribution in [2.45, 2.75) is 6.92 Å². The number of nitro groups is 1. The molecule has 0 saturated heterocycles. The maximum absolute atomic E-state index is 11.3. The van der Waals surface area contributed by atoms with Gasteiger partial charge in [-0.15, -0.1) is 0 Å². The van der Waals surface area contributed by atoms with E-state index in [-0.39, 0.29) is 5.78 Å². The minimum Gasteiger partial charge on any atom is -0.289 e. The minimum absolute atomic E-state index is 0.360. The zero-order valence-corrected chi connectivity index (χ0v) is 7.64. The molecule has 0 amide bonds. The molecule has 1 aromatic rings. The molecule has 4 nitrogen and oxygen atoms in total.